The Kier molecular flexibility index (Phi) is 10.5. The summed E-state index contributed by atoms with van der Waals surface area (Å²) in [4.78, 5) is 34.9. The summed E-state index contributed by atoms with van der Waals surface area (Å²) >= 11 is 0. The van der Waals surface area contributed by atoms with E-state index in [-0.39, 0.29) is 18.7 Å². The van der Waals surface area contributed by atoms with E-state index in [1.165, 1.54) is 0 Å². The molecular weight excluding hydrogens is 478 g/mol. The van der Waals surface area contributed by atoms with E-state index < -0.39 is 5.91 Å². The molecule has 0 radical (unpaired) electrons. The number of ether oxygens (including phenoxy) is 2. The Labute approximate surface area is 217 Å². The van der Waals surface area contributed by atoms with Gasteiger partial charge in [-0.1, -0.05) is 0 Å². The number of amides is 2. The molecular formula is C25H39N7O5. The third-order valence-corrected chi connectivity index (χ3v) is 6.46. The minimum atomic E-state index is -0.507. The highest BCUT2D eigenvalue weighted by molar-refractivity contribution is 5.92. The number of hydrogen-bond donors (Lipinski definition) is 5. The molecule has 2 heterocycles. The summed E-state index contributed by atoms with van der Waals surface area (Å²) in [6.07, 6.45) is 2.69. The Morgan fingerprint density at radius 3 is 2.38 bits per heavy atom. The number of aromatic nitrogens is 2. The van der Waals surface area contributed by atoms with Gasteiger partial charge in [0.15, 0.2) is 11.5 Å². The molecule has 0 bridgehead atoms. The van der Waals surface area contributed by atoms with Gasteiger partial charge < -0.3 is 30.3 Å². The van der Waals surface area contributed by atoms with Crippen molar-refractivity contribution in [2.24, 2.45) is 0 Å². The van der Waals surface area contributed by atoms with Crippen molar-refractivity contribution in [2.45, 2.75) is 58.0 Å². The van der Waals surface area contributed by atoms with E-state index in [2.05, 4.69) is 39.7 Å². The summed E-state index contributed by atoms with van der Waals surface area (Å²) in [6, 6.07) is 4.55. The standard InChI is InChI=1S/C25H39N7O5/c1-16(2)32-12-8-17(9-13-32)28-24-18-14-20(36-3)21(37-4)15-19(18)29-25(30-24)27-11-10-26-22(33)6-5-7-23(34)31-35/h14-17,35H,5-13H2,1-4H3,(H,26,33)(H,31,34)(H2,27,28,29,30). The lowest BCUT2D eigenvalue weighted by atomic mass is 10.0. The molecule has 5 N–H and O–H groups in total. The molecule has 2 aromatic rings. The van der Waals surface area contributed by atoms with Gasteiger partial charge in [-0.2, -0.15) is 4.98 Å². The molecule has 1 fully saturated rings. The van der Waals surface area contributed by atoms with E-state index in [0.717, 1.165) is 37.1 Å². The lowest BCUT2D eigenvalue weighted by Gasteiger charge is -2.35. The van der Waals surface area contributed by atoms with Crippen LogP contribution in [0.2, 0.25) is 0 Å². The topological polar surface area (TPSA) is 150 Å². The maximum absolute atomic E-state index is 12.0. The van der Waals surface area contributed by atoms with Crippen molar-refractivity contribution in [1.29, 1.82) is 0 Å². The van der Waals surface area contributed by atoms with E-state index in [1.807, 2.05) is 12.1 Å². The molecule has 2 amide bonds. The van der Waals surface area contributed by atoms with Gasteiger partial charge in [-0.05, 0) is 39.2 Å². The van der Waals surface area contributed by atoms with Gasteiger partial charge in [0.2, 0.25) is 17.8 Å². The van der Waals surface area contributed by atoms with E-state index in [1.54, 1.807) is 19.7 Å². The zero-order chi connectivity index (χ0) is 26.8. The number of carbonyl (C=O) groups is 2. The summed E-state index contributed by atoms with van der Waals surface area (Å²) in [5.74, 6) is 1.68. The second-order valence-electron chi connectivity index (χ2n) is 9.33. The molecule has 0 unspecified atom stereocenters. The summed E-state index contributed by atoms with van der Waals surface area (Å²) in [7, 11) is 3.19. The van der Waals surface area contributed by atoms with Gasteiger partial charge >= 0.3 is 0 Å². The van der Waals surface area contributed by atoms with Crippen LogP contribution in [-0.4, -0.2) is 84.4 Å². The number of benzene rings is 1. The number of anilines is 2. The number of hydrogen-bond acceptors (Lipinski definition) is 10. The number of nitrogens with one attached hydrogen (secondary N) is 4. The smallest absolute Gasteiger partial charge is 0.243 e. The first kappa shape index (κ1) is 28.2. The van der Waals surface area contributed by atoms with Crippen LogP contribution in [-0.2, 0) is 9.59 Å². The van der Waals surface area contributed by atoms with Gasteiger partial charge in [-0.15, -0.1) is 0 Å². The average molecular weight is 518 g/mol. The first-order valence-corrected chi connectivity index (χ1v) is 12.7. The first-order chi connectivity index (χ1) is 17.8. The van der Waals surface area contributed by atoms with Crippen molar-refractivity contribution < 1.29 is 24.3 Å². The Hall–Kier alpha value is -3.38. The minimum Gasteiger partial charge on any atom is -0.493 e. The maximum atomic E-state index is 12.0. The van der Waals surface area contributed by atoms with Crippen LogP contribution in [0.5, 0.6) is 11.5 Å². The number of hydroxylamine groups is 1. The highest BCUT2D eigenvalue weighted by Crippen LogP contribution is 2.35. The van der Waals surface area contributed by atoms with Crippen molar-refractivity contribution in [3.63, 3.8) is 0 Å². The minimum absolute atomic E-state index is 0.0909. The number of carbonyl (C=O) groups excluding carboxylic acids is 2. The van der Waals surface area contributed by atoms with Gasteiger partial charge in [0.25, 0.3) is 0 Å². The number of piperidine rings is 1. The molecule has 0 atom stereocenters. The molecule has 12 heteroatoms. The van der Waals surface area contributed by atoms with Gasteiger partial charge in [0.1, 0.15) is 5.82 Å². The monoisotopic (exact) mass is 517 g/mol. The van der Waals surface area contributed by atoms with Crippen LogP contribution >= 0.6 is 0 Å². The molecule has 0 aliphatic carbocycles. The fourth-order valence-electron chi connectivity index (χ4n) is 4.33. The summed E-state index contributed by atoms with van der Waals surface area (Å²) in [6.45, 7) is 7.31. The molecule has 3 rings (SSSR count). The number of nitrogens with zero attached hydrogens (tertiary/aromatic N) is 3. The Morgan fingerprint density at radius 1 is 1.05 bits per heavy atom. The Bertz CT molecular complexity index is 1060. The predicted molar refractivity (Wildman–Crippen MR) is 141 cm³/mol. The van der Waals surface area contributed by atoms with Crippen LogP contribution in [0, 0.1) is 0 Å². The van der Waals surface area contributed by atoms with Crippen LogP contribution in [0.3, 0.4) is 0 Å². The molecule has 204 valence electrons. The van der Waals surface area contributed by atoms with Crippen LogP contribution in [0.25, 0.3) is 10.9 Å². The molecule has 0 saturated carbocycles. The fraction of sp³-hybridized carbons (Fsp3) is 0.600. The third kappa shape index (κ3) is 8.05. The SMILES string of the molecule is COc1cc2nc(NCCNC(=O)CCCC(=O)NO)nc(NC3CCN(C(C)C)CC3)c2cc1OC. The lowest BCUT2D eigenvalue weighted by Crippen LogP contribution is -2.42. The lowest BCUT2D eigenvalue weighted by molar-refractivity contribution is -0.129. The highest BCUT2D eigenvalue weighted by atomic mass is 16.5. The fourth-order valence-corrected chi connectivity index (χ4v) is 4.33. The molecule has 1 saturated heterocycles. The number of rotatable bonds is 13. The van der Waals surface area contributed by atoms with Crippen LogP contribution in [0.4, 0.5) is 11.8 Å². The van der Waals surface area contributed by atoms with Crippen molar-refractivity contribution in [3.8, 4) is 11.5 Å². The molecule has 1 aromatic heterocycles. The Morgan fingerprint density at radius 2 is 1.73 bits per heavy atom. The van der Waals surface area contributed by atoms with Gasteiger partial charge in [-0.25, -0.2) is 10.5 Å². The molecule has 0 spiro atoms. The molecule has 1 aliphatic rings. The van der Waals surface area contributed by atoms with Gasteiger partial charge in [0, 0.05) is 62.6 Å². The van der Waals surface area contributed by atoms with Crippen LogP contribution < -0.4 is 30.9 Å². The second kappa shape index (κ2) is 13.8. The van der Waals surface area contributed by atoms with Crippen molar-refractivity contribution in [3.05, 3.63) is 12.1 Å². The zero-order valence-corrected chi connectivity index (χ0v) is 22.1. The van der Waals surface area contributed by atoms with Gasteiger partial charge in [-0.3, -0.25) is 14.8 Å². The van der Waals surface area contributed by atoms with Crippen molar-refractivity contribution in [1.82, 2.24) is 25.7 Å². The van der Waals surface area contributed by atoms with Crippen molar-refractivity contribution in [2.75, 3.05) is 51.0 Å². The van der Waals surface area contributed by atoms with Crippen molar-refractivity contribution >= 4 is 34.5 Å². The van der Waals surface area contributed by atoms with E-state index in [9.17, 15) is 9.59 Å². The summed E-state index contributed by atoms with van der Waals surface area (Å²) < 4.78 is 11.0. The zero-order valence-electron chi connectivity index (χ0n) is 22.1. The first-order valence-electron chi connectivity index (χ1n) is 12.7. The maximum Gasteiger partial charge on any atom is 0.243 e. The molecule has 1 aromatic carbocycles. The van der Waals surface area contributed by atoms with E-state index in [4.69, 9.17) is 19.7 Å². The highest BCUT2D eigenvalue weighted by Gasteiger charge is 2.22. The molecule has 12 nitrogen and oxygen atoms in total. The number of fused-ring (bicyclic) bond motifs is 1. The number of likely N-dealkylation sites (tertiary alicyclic amines) is 1. The largest absolute Gasteiger partial charge is 0.493 e. The van der Waals surface area contributed by atoms with Crippen LogP contribution in [0.1, 0.15) is 46.0 Å². The van der Waals surface area contributed by atoms with Crippen LogP contribution in [0.15, 0.2) is 12.1 Å². The van der Waals surface area contributed by atoms with E-state index >= 15 is 0 Å². The quantitative estimate of drug-likeness (QED) is 0.152. The second-order valence-corrected chi connectivity index (χ2v) is 9.33. The third-order valence-electron chi connectivity index (χ3n) is 6.46. The van der Waals surface area contributed by atoms with E-state index in [0.29, 0.717) is 54.6 Å². The summed E-state index contributed by atoms with van der Waals surface area (Å²) in [5.41, 5.74) is 2.27. The normalized spacial score (nSPS) is 14.4. The molecule has 1 aliphatic heterocycles. The van der Waals surface area contributed by atoms with Gasteiger partial charge in [0.05, 0.1) is 19.7 Å². The number of methoxy groups -OCH3 is 2. The summed E-state index contributed by atoms with van der Waals surface area (Å²) in [5, 5.41) is 19.0. The molecule has 37 heavy (non-hydrogen) atoms. The average Bonchev–Trinajstić information content (AvgIpc) is 2.90. The predicted octanol–water partition coefficient (Wildman–Crippen LogP) is 2.14. The Balaban J connectivity index is 1.67.